The van der Waals surface area contributed by atoms with Crippen LogP contribution in [0.4, 0.5) is 4.39 Å². The zero-order valence-electron chi connectivity index (χ0n) is 21.9. The number of benzene rings is 1. The van der Waals surface area contributed by atoms with E-state index in [4.69, 9.17) is 23.7 Å². The van der Waals surface area contributed by atoms with Gasteiger partial charge in [0.25, 0.3) is 0 Å². The molecule has 0 radical (unpaired) electrons. The van der Waals surface area contributed by atoms with Crippen molar-refractivity contribution in [1.29, 1.82) is 0 Å². The van der Waals surface area contributed by atoms with Crippen LogP contribution in [0.3, 0.4) is 0 Å². The Morgan fingerprint density at radius 1 is 0.757 bits per heavy atom. The summed E-state index contributed by atoms with van der Waals surface area (Å²) in [6, 6.07) is 4.90. The van der Waals surface area contributed by atoms with Crippen molar-refractivity contribution in [3.05, 3.63) is 77.9 Å². The molecular weight excluding hydrogens is 483 g/mol. The minimum atomic E-state index is -0.735. The lowest BCUT2D eigenvalue weighted by Gasteiger charge is -2.15. The highest BCUT2D eigenvalue weighted by molar-refractivity contribution is 5.88. The Labute approximate surface area is 216 Å². The fraction of sp³-hybridized carbons (Fsp3) is 0.321. The zero-order valence-corrected chi connectivity index (χ0v) is 21.9. The number of carbonyl (C=O) groups excluding carboxylic acids is 3. The van der Waals surface area contributed by atoms with Crippen molar-refractivity contribution in [2.45, 2.75) is 34.6 Å². The van der Waals surface area contributed by atoms with Crippen LogP contribution in [0.15, 0.2) is 72.3 Å². The van der Waals surface area contributed by atoms with Gasteiger partial charge in [-0.25, -0.2) is 18.8 Å². The molecule has 0 saturated heterocycles. The summed E-state index contributed by atoms with van der Waals surface area (Å²) < 4.78 is 41.0. The maximum atomic E-state index is 14.6. The third-order valence-electron chi connectivity index (χ3n) is 4.52. The summed E-state index contributed by atoms with van der Waals surface area (Å²) in [6.07, 6.45) is 1.21. The molecule has 0 aliphatic heterocycles. The van der Waals surface area contributed by atoms with Crippen LogP contribution in [0, 0.1) is 0 Å². The van der Waals surface area contributed by atoms with Gasteiger partial charge in [0.2, 0.25) is 0 Å². The van der Waals surface area contributed by atoms with Crippen LogP contribution in [0.1, 0.15) is 40.2 Å². The Morgan fingerprint density at radius 2 is 1.24 bits per heavy atom. The van der Waals surface area contributed by atoms with Crippen LogP contribution in [0.2, 0.25) is 0 Å². The highest BCUT2D eigenvalue weighted by Crippen LogP contribution is 2.32. The molecule has 1 aromatic carbocycles. The van der Waals surface area contributed by atoms with Crippen LogP contribution >= 0.6 is 0 Å². The fourth-order valence-corrected chi connectivity index (χ4v) is 2.45. The van der Waals surface area contributed by atoms with Crippen LogP contribution in [0.5, 0.6) is 11.5 Å². The Bertz CT molecular complexity index is 1130. The summed E-state index contributed by atoms with van der Waals surface area (Å²) >= 11 is 0. The fourth-order valence-electron chi connectivity index (χ4n) is 2.45. The van der Waals surface area contributed by atoms with Crippen molar-refractivity contribution in [3.8, 4) is 11.5 Å². The molecule has 37 heavy (non-hydrogen) atoms. The van der Waals surface area contributed by atoms with Gasteiger partial charge in [0, 0.05) is 16.7 Å². The number of esters is 3. The monoisotopic (exact) mass is 516 g/mol. The van der Waals surface area contributed by atoms with Crippen LogP contribution in [-0.4, -0.2) is 44.3 Å². The van der Waals surface area contributed by atoms with Gasteiger partial charge in [-0.15, -0.1) is 0 Å². The van der Waals surface area contributed by atoms with Gasteiger partial charge in [-0.05, 0) is 64.0 Å². The average molecular weight is 517 g/mol. The molecule has 0 unspecified atom stereocenters. The lowest BCUT2D eigenvalue weighted by atomic mass is 10.1. The van der Waals surface area contributed by atoms with E-state index in [1.54, 1.807) is 25.1 Å². The molecule has 1 aromatic rings. The van der Waals surface area contributed by atoms with Gasteiger partial charge >= 0.3 is 17.9 Å². The smallest absolute Gasteiger partial charge is 0.338 e. The molecule has 8 nitrogen and oxygen atoms in total. The summed E-state index contributed by atoms with van der Waals surface area (Å²) in [5, 5.41) is 0. The number of hydrogen-bond acceptors (Lipinski definition) is 8. The SMILES string of the molecule is C=C(C)C(=O)OCCOc1ccc(/C(C)=C/C(F)=C(\C)OC(=O)C(=C)C)cc1OCCOC(=O)C(=C)C. The molecule has 0 aromatic heterocycles. The van der Waals surface area contributed by atoms with Crippen molar-refractivity contribution in [2.75, 3.05) is 26.4 Å². The van der Waals surface area contributed by atoms with Gasteiger partial charge in [0.05, 0.1) is 0 Å². The summed E-state index contributed by atoms with van der Waals surface area (Å²) in [6.45, 7) is 18.0. The maximum Gasteiger partial charge on any atom is 0.338 e. The van der Waals surface area contributed by atoms with Crippen molar-refractivity contribution in [3.63, 3.8) is 0 Å². The topological polar surface area (TPSA) is 97.4 Å². The van der Waals surface area contributed by atoms with Crippen molar-refractivity contribution in [2.24, 2.45) is 0 Å². The quantitative estimate of drug-likeness (QED) is 0.0809. The predicted octanol–water partition coefficient (Wildman–Crippen LogP) is 5.41. The third kappa shape index (κ3) is 11.0. The number of carbonyl (C=O) groups is 3. The maximum absolute atomic E-state index is 14.6. The molecular formula is C28H33FO8. The minimum Gasteiger partial charge on any atom is -0.486 e. The second-order valence-electron chi connectivity index (χ2n) is 8.09. The lowest BCUT2D eigenvalue weighted by Crippen LogP contribution is -2.14. The first-order valence-corrected chi connectivity index (χ1v) is 11.3. The molecule has 200 valence electrons. The van der Waals surface area contributed by atoms with Crippen molar-refractivity contribution < 1.29 is 42.5 Å². The van der Waals surface area contributed by atoms with Crippen molar-refractivity contribution in [1.82, 2.24) is 0 Å². The van der Waals surface area contributed by atoms with Gasteiger partial charge in [-0.1, -0.05) is 25.8 Å². The number of allylic oxidation sites excluding steroid dienone is 4. The molecule has 0 bridgehead atoms. The van der Waals surface area contributed by atoms with E-state index in [1.807, 2.05) is 0 Å². The Hall–Kier alpha value is -4.14. The summed E-state index contributed by atoms with van der Waals surface area (Å²) in [7, 11) is 0. The molecule has 0 atom stereocenters. The first-order chi connectivity index (χ1) is 17.3. The number of hydrogen-bond donors (Lipinski definition) is 0. The first-order valence-electron chi connectivity index (χ1n) is 11.3. The molecule has 0 fully saturated rings. The Balaban J connectivity index is 3.07. The number of rotatable bonds is 14. The van der Waals surface area contributed by atoms with Gasteiger partial charge in [0.1, 0.15) is 32.2 Å². The van der Waals surface area contributed by atoms with E-state index in [2.05, 4.69) is 19.7 Å². The molecule has 1 rings (SSSR count). The second kappa shape index (κ2) is 15.1. The summed E-state index contributed by atoms with van der Waals surface area (Å²) in [4.78, 5) is 34.7. The molecule has 0 N–H and O–H groups in total. The molecule has 0 aliphatic carbocycles. The summed E-state index contributed by atoms with van der Waals surface area (Å²) in [5.74, 6) is -2.12. The number of ether oxygens (including phenoxy) is 5. The third-order valence-corrected chi connectivity index (χ3v) is 4.52. The van der Waals surface area contributed by atoms with Gasteiger partial charge in [0.15, 0.2) is 17.3 Å². The largest absolute Gasteiger partial charge is 0.486 e. The zero-order chi connectivity index (χ0) is 28.1. The summed E-state index contributed by atoms with van der Waals surface area (Å²) in [5.41, 5.74) is 1.77. The van der Waals surface area contributed by atoms with E-state index in [0.29, 0.717) is 16.9 Å². The van der Waals surface area contributed by atoms with E-state index >= 15 is 0 Å². The van der Waals surface area contributed by atoms with Gasteiger partial charge in [-0.3, -0.25) is 0 Å². The number of halogens is 1. The van der Waals surface area contributed by atoms with E-state index in [-0.39, 0.29) is 54.7 Å². The predicted molar refractivity (Wildman–Crippen MR) is 137 cm³/mol. The highest BCUT2D eigenvalue weighted by atomic mass is 19.1. The van der Waals surface area contributed by atoms with Crippen LogP contribution in [-0.2, 0) is 28.6 Å². The minimum absolute atomic E-state index is 0.0104. The Morgan fingerprint density at radius 3 is 1.73 bits per heavy atom. The lowest BCUT2D eigenvalue weighted by molar-refractivity contribution is -0.140. The molecule has 0 saturated carbocycles. The van der Waals surface area contributed by atoms with Crippen LogP contribution < -0.4 is 9.47 Å². The molecule has 0 spiro atoms. The Kier molecular flexibility index (Phi) is 12.6. The molecule has 9 heteroatoms. The first kappa shape index (κ1) is 30.9. The van der Waals surface area contributed by atoms with E-state index < -0.39 is 23.7 Å². The molecule has 0 heterocycles. The highest BCUT2D eigenvalue weighted by Gasteiger charge is 2.12. The average Bonchev–Trinajstić information content (AvgIpc) is 2.83. The van der Waals surface area contributed by atoms with Gasteiger partial charge < -0.3 is 23.7 Å². The molecule has 0 aliphatic rings. The van der Waals surface area contributed by atoms with E-state index in [1.165, 1.54) is 33.8 Å². The standard InChI is InChI=1S/C28H33FO8/c1-17(2)26(30)35-13-11-33-24-10-9-22(16-25(24)34-12-14-36-27(31)18(3)4)20(7)15-23(29)21(8)37-28(32)19(5)6/h9-10,15-16H,1,3,5,11-14H2,2,4,6-8H3/b20-15+,23-21-. The van der Waals surface area contributed by atoms with Gasteiger partial charge in [-0.2, -0.15) is 0 Å². The molecule has 0 amide bonds. The second-order valence-corrected chi connectivity index (χ2v) is 8.09. The van der Waals surface area contributed by atoms with Crippen molar-refractivity contribution >= 4 is 23.5 Å². The van der Waals surface area contributed by atoms with Crippen LogP contribution in [0.25, 0.3) is 5.57 Å². The normalized spacial score (nSPS) is 11.6. The van der Waals surface area contributed by atoms with E-state index in [9.17, 15) is 18.8 Å². The van der Waals surface area contributed by atoms with E-state index in [0.717, 1.165) is 0 Å².